The average molecular weight is 439 g/mol. The van der Waals surface area contributed by atoms with E-state index in [0.717, 1.165) is 41.5 Å². The van der Waals surface area contributed by atoms with Crippen LogP contribution in [0.3, 0.4) is 0 Å². The third-order valence-electron chi connectivity index (χ3n) is 6.58. The molecule has 1 aliphatic rings. The summed E-state index contributed by atoms with van der Waals surface area (Å²) in [6.45, 7) is 8.58. The molecule has 4 aromatic rings. The molecule has 0 atom stereocenters. The molecule has 33 heavy (non-hydrogen) atoms. The van der Waals surface area contributed by atoms with E-state index in [0.29, 0.717) is 11.4 Å². The van der Waals surface area contributed by atoms with E-state index in [1.165, 1.54) is 24.1 Å². The molecular formula is C28H30N4O. The maximum Gasteiger partial charge on any atom is 0.274 e. The largest absolute Gasteiger partial charge is 0.372 e. The first-order valence-electron chi connectivity index (χ1n) is 11.7. The normalized spacial score (nSPS) is 14.6. The zero-order valence-corrected chi connectivity index (χ0v) is 19.5. The van der Waals surface area contributed by atoms with Crippen molar-refractivity contribution >= 4 is 22.9 Å². The predicted octanol–water partition coefficient (Wildman–Crippen LogP) is 6.11. The molecule has 1 N–H and O–H groups in total. The first kappa shape index (κ1) is 21.3. The molecule has 1 aliphatic heterocycles. The molecule has 0 unspecified atom stereocenters. The van der Waals surface area contributed by atoms with Crippen LogP contribution in [0.15, 0.2) is 66.9 Å². The minimum absolute atomic E-state index is 0.164. The van der Waals surface area contributed by atoms with Gasteiger partial charge >= 0.3 is 0 Å². The maximum absolute atomic E-state index is 13.5. The minimum atomic E-state index is -0.164. The van der Waals surface area contributed by atoms with Crippen LogP contribution in [0.1, 0.15) is 41.4 Å². The van der Waals surface area contributed by atoms with Crippen molar-refractivity contribution in [3.8, 4) is 11.3 Å². The number of nitrogens with zero attached hydrogens (tertiary/aromatic N) is 3. The number of benzene rings is 2. The summed E-state index contributed by atoms with van der Waals surface area (Å²) < 4.78 is 1.89. The fourth-order valence-corrected chi connectivity index (χ4v) is 4.49. The van der Waals surface area contributed by atoms with Gasteiger partial charge in [-0.2, -0.15) is 0 Å². The molecule has 0 saturated carbocycles. The summed E-state index contributed by atoms with van der Waals surface area (Å²) in [5, 5.41) is 3.10. The molecule has 5 rings (SSSR count). The van der Waals surface area contributed by atoms with E-state index in [2.05, 4.69) is 36.2 Å². The average Bonchev–Trinajstić information content (AvgIpc) is 3.19. The van der Waals surface area contributed by atoms with Crippen molar-refractivity contribution in [2.75, 3.05) is 23.3 Å². The highest BCUT2D eigenvalue weighted by Gasteiger charge is 2.21. The third kappa shape index (κ3) is 4.36. The van der Waals surface area contributed by atoms with E-state index in [9.17, 15) is 4.79 Å². The highest BCUT2D eigenvalue weighted by atomic mass is 16.2. The second-order valence-electron chi connectivity index (χ2n) is 9.28. The van der Waals surface area contributed by atoms with Crippen LogP contribution in [0.5, 0.6) is 0 Å². The van der Waals surface area contributed by atoms with Crippen molar-refractivity contribution in [3.05, 3.63) is 83.7 Å². The van der Waals surface area contributed by atoms with Crippen molar-refractivity contribution in [1.29, 1.82) is 0 Å². The summed E-state index contributed by atoms with van der Waals surface area (Å²) in [5.41, 5.74) is 7.18. The number of carbonyl (C=O) groups is 1. The fraction of sp³-hybridized carbons (Fsp3) is 0.286. The Labute approximate surface area is 195 Å². The van der Waals surface area contributed by atoms with Crippen LogP contribution in [-0.4, -0.2) is 28.4 Å². The number of pyridine rings is 1. The lowest BCUT2D eigenvalue weighted by molar-refractivity contribution is 0.102. The number of hydrogen-bond donors (Lipinski definition) is 1. The molecule has 168 valence electrons. The Balaban J connectivity index is 1.45. The maximum atomic E-state index is 13.5. The van der Waals surface area contributed by atoms with Gasteiger partial charge in [-0.05, 0) is 68.5 Å². The summed E-state index contributed by atoms with van der Waals surface area (Å²) in [7, 11) is 0. The number of amides is 1. The lowest BCUT2D eigenvalue weighted by Crippen LogP contribution is -2.32. The fourth-order valence-electron chi connectivity index (χ4n) is 4.49. The summed E-state index contributed by atoms with van der Waals surface area (Å²) >= 11 is 0. The zero-order valence-electron chi connectivity index (χ0n) is 19.5. The third-order valence-corrected chi connectivity index (χ3v) is 6.58. The molecule has 0 spiro atoms. The molecule has 1 saturated heterocycles. The molecule has 2 aromatic carbocycles. The molecular weight excluding hydrogens is 408 g/mol. The lowest BCUT2D eigenvalue weighted by atomic mass is 9.99. The van der Waals surface area contributed by atoms with Crippen LogP contribution in [0.4, 0.5) is 11.4 Å². The van der Waals surface area contributed by atoms with Crippen LogP contribution < -0.4 is 10.2 Å². The standard InChI is InChI=1S/C28H30N4O/c1-19-4-7-22(8-5-19)26-27(32-18-21(3)6-13-25(32)30-26)28(33)29-23-9-11-24(12-10-23)31-16-14-20(2)15-17-31/h4-13,18,20H,14-17H2,1-3H3,(H,29,33). The molecule has 2 aromatic heterocycles. The molecule has 1 amide bonds. The second kappa shape index (κ2) is 8.74. The van der Waals surface area contributed by atoms with E-state index >= 15 is 0 Å². The van der Waals surface area contributed by atoms with Crippen molar-refractivity contribution < 1.29 is 4.79 Å². The van der Waals surface area contributed by atoms with Gasteiger partial charge < -0.3 is 10.2 Å². The van der Waals surface area contributed by atoms with E-state index in [1.54, 1.807) is 0 Å². The van der Waals surface area contributed by atoms with E-state index in [1.807, 2.05) is 66.1 Å². The first-order valence-corrected chi connectivity index (χ1v) is 11.7. The van der Waals surface area contributed by atoms with Crippen LogP contribution in [-0.2, 0) is 0 Å². The molecule has 0 bridgehead atoms. The number of hydrogen-bond acceptors (Lipinski definition) is 3. The van der Waals surface area contributed by atoms with Gasteiger partial charge in [0.05, 0.1) is 0 Å². The van der Waals surface area contributed by atoms with E-state index in [-0.39, 0.29) is 5.91 Å². The van der Waals surface area contributed by atoms with Crippen molar-refractivity contribution in [2.24, 2.45) is 5.92 Å². The summed E-state index contributed by atoms with van der Waals surface area (Å²) in [6.07, 6.45) is 4.43. The van der Waals surface area contributed by atoms with Crippen molar-refractivity contribution in [3.63, 3.8) is 0 Å². The molecule has 1 fully saturated rings. The Morgan fingerprint density at radius 1 is 0.909 bits per heavy atom. The Morgan fingerprint density at radius 3 is 2.27 bits per heavy atom. The SMILES string of the molecule is Cc1ccc(-c2nc3ccc(C)cn3c2C(=O)Nc2ccc(N3CCC(C)CC3)cc2)cc1. The number of fused-ring (bicyclic) bond motifs is 1. The van der Waals surface area contributed by atoms with Gasteiger partial charge in [0.25, 0.3) is 5.91 Å². The topological polar surface area (TPSA) is 49.6 Å². The van der Waals surface area contributed by atoms with Crippen LogP contribution >= 0.6 is 0 Å². The van der Waals surface area contributed by atoms with E-state index < -0.39 is 0 Å². The molecule has 5 nitrogen and oxygen atoms in total. The van der Waals surface area contributed by atoms with Crippen LogP contribution in [0, 0.1) is 19.8 Å². The number of anilines is 2. The van der Waals surface area contributed by atoms with Gasteiger partial charge in [-0.15, -0.1) is 0 Å². The zero-order chi connectivity index (χ0) is 22.9. The monoisotopic (exact) mass is 438 g/mol. The smallest absolute Gasteiger partial charge is 0.274 e. The number of piperidine rings is 1. The number of imidazole rings is 1. The molecule has 0 radical (unpaired) electrons. The minimum Gasteiger partial charge on any atom is -0.372 e. The van der Waals surface area contributed by atoms with Crippen LogP contribution in [0.25, 0.3) is 16.9 Å². The Bertz CT molecular complexity index is 1280. The molecule has 5 heteroatoms. The van der Waals surface area contributed by atoms with Gasteiger partial charge in [0, 0.05) is 36.2 Å². The summed E-state index contributed by atoms with van der Waals surface area (Å²) in [4.78, 5) is 20.7. The van der Waals surface area contributed by atoms with Crippen LogP contribution in [0.2, 0.25) is 0 Å². The predicted molar refractivity (Wildman–Crippen MR) is 135 cm³/mol. The van der Waals surface area contributed by atoms with Crippen molar-refractivity contribution in [1.82, 2.24) is 9.38 Å². The van der Waals surface area contributed by atoms with Gasteiger partial charge in [0.2, 0.25) is 0 Å². The number of aryl methyl sites for hydroxylation is 2. The lowest BCUT2D eigenvalue weighted by Gasteiger charge is -2.32. The quantitative estimate of drug-likeness (QED) is 0.418. The van der Waals surface area contributed by atoms with Crippen molar-refractivity contribution in [2.45, 2.75) is 33.6 Å². The van der Waals surface area contributed by atoms with Gasteiger partial charge in [0.15, 0.2) is 0 Å². The van der Waals surface area contributed by atoms with Gasteiger partial charge in [-0.3, -0.25) is 9.20 Å². The molecule has 0 aliphatic carbocycles. The number of nitrogens with one attached hydrogen (secondary N) is 1. The van der Waals surface area contributed by atoms with E-state index in [4.69, 9.17) is 4.98 Å². The van der Waals surface area contributed by atoms with Gasteiger partial charge in [-0.25, -0.2) is 4.98 Å². The van der Waals surface area contributed by atoms with Gasteiger partial charge in [0.1, 0.15) is 17.0 Å². The Hall–Kier alpha value is -3.60. The number of rotatable bonds is 4. The highest BCUT2D eigenvalue weighted by molar-refractivity contribution is 6.07. The Morgan fingerprint density at radius 2 is 1.58 bits per heavy atom. The summed E-state index contributed by atoms with van der Waals surface area (Å²) in [5.74, 6) is 0.639. The Kier molecular flexibility index (Phi) is 5.63. The second-order valence-corrected chi connectivity index (χ2v) is 9.28. The first-order chi connectivity index (χ1) is 16.0. The van der Waals surface area contributed by atoms with Gasteiger partial charge in [-0.1, -0.05) is 42.8 Å². The number of aromatic nitrogens is 2. The molecule has 3 heterocycles. The summed E-state index contributed by atoms with van der Waals surface area (Å²) in [6, 6.07) is 20.3. The number of carbonyl (C=O) groups excluding carboxylic acids is 1. The highest BCUT2D eigenvalue weighted by Crippen LogP contribution is 2.28.